The maximum absolute atomic E-state index is 3.11. The van der Waals surface area contributed by atoms with E-state index in [9.17, 15) is 0 Å². The maximum Gasteiger partial charge on any atom is 0.0940 e. The first-order valence-electron chi connectivity index (χ1n) is 7.64. The molecule has 2 radical (unpaired) electrons. The van der Waals surface area contributed by atoms with Crippen LogP contribution in [-0.4, -0.2) is 22.6 Å². The number of benzene rings is 2. The van der Waals surface area contributed by atoms with Gasteiger partial charge in [-0.25, -0.2) is 0 Å². The molecule has 21 heavy (non-hydrogen) atoms. The fourth-order valence-corrected chi connectivity index (χ4v) is 3.69. The van der Waals surface area contributed by atoms with Gasteiger partial charge in [0, 0.05) is 0 Å². The van der Waals surface area contributed by atoms with Crippen molar-refractivity contribution in [2.75, 3.05) is 13.1 Å². The molecule has 0 amide bonds. The Morgan fingerprint density at radius 2 is 1.57 bits per heavy atom. The van der Waals surface area contributed by atoms with Crippen molar-refractivity contribution in [2.24, 2.45) is 0 Å². The zero-order valence-electron chi connectivity index (χ0n) is 12.8. The first kappa shape index (κ1) is 15.7. The highest BCUT2D eigenvalue weighted by Crippen LogP contribution is 2.28. The van der Waals surface area contributed by atoms with Gasteiger partial charge in [0.2, 0.25) is 0 Å². The summed E-state index contributed by atoms with van der Waals surface area (Å²) in [5, 5.41) is 4.55. The minimum Gasteiger partial charge on any atom is -0.317 e. The average Bonchev–Trinajstić information content (AvgIpc) is 2.93. The van der Waals surface area contributed by atoms with E-state index in [4.69, 9.17) is 0 Å². The van der Waals surface area contributed by atoms with E-state index >= 15 is 0 Å². The third-order valence-electron chi connectivity index (χ3n) is 3.40. The van der Waals surface area contributed by atoms with Gasteiger partial charge in [0.05, 0.1) is 9.52 Å². The summed E-state index contributed by atoms with van der Waals surface area (Å²) in [6.45, 7) is 6.39. The summed E-state index contributed by atoms with van der Waals surface area (Å²) in [5.41, 5.74) is 3.44. The molecule has 1 unspecified atom stereocenters. The van der Waals surface area contributed by atoms with Crippen molar-refractivity contribution in [2.45, 2.75) is 19.4 Å². The van der Waals surface area contributed by atoms with Gasteiger partial charge in [0.15, 0.2) is 0 Å². The molecule has 1 aliphatic rings. The van der Waals surface area contributed by atoms with Crippen LogP contribution in [0.4, 0.5) is 0 Å². The van der Waals surface area contributed by atoms with E-state index in [1.54, 1.807) is 0 Å². The average molecular weight is 293 g/mol. The lowest BCUT2D eigenvalue weighted by molar-refractivity contribution is 0.762. The molecule has 0 aromatic heterocycles. The standard InChI is InChI=1S/C15H12Si.C4H11N/c1-2-7-13(8-3-1)16-15-11-10-12-6-4-5-9-14(12)15;1-3-5-4-2/h1-11,15H;5H,3-4H2,1-2H3. The quantitative estimate of drug-likeness (QED) is 0.852. The fraction of sp³-hybridized carbons (Fsp3) is 0.263. The highest BCUT2D eigenvalue weighted by Gasteiger charge is 2.17. The van der Waals surface area contributed by atoms with Crippen molar-refractivity contribution in [3.05, 3.63) is 71.8 Å². The first-order valence-corrected chi connectivity index (χ1v) is 8.72. The van der Waals surface area contributed by atoms with Crippen molar-refractivity contribution in [1.82, 2.24) is 5.32 Å². The molecule has 1 N–H and O–H groups in total. The molecule has 0 spiro atoms. The first-order chi connectivity index (χ1) is 10.3. The Bertz CT molecular complexity index is 561. The van der Waals surface area contributed by atoms with E-state index in [0.29, 0.717) is 5.54 Å². The number of hydrogen-bond donors (Lipinski definition) is 1. The SMILES string of the molecule is C1=CC([Si]c2ccccc2)c2ccccc21.CCNCC. The molecule has 1 aliphatic carbocycles. The molecule has 2 heteroatoms. The monoisotopic (exact) mass is 293 g/mol. The zero-order chi connectivity index (χ0) is 14.9. The van der Waals surface area contributed by atoms with Crippen LogP contribution in [0, 0.1) is 0 Å². The number of rotatable bonds is 4. The molecule has 2 aromatic carbocycles. The van der Waals surface area contributed by atoms with Gasteiger partial charge in [0.1, 0.15) is 0 Å². The van der Waals surface area contributed by atoms with Gasteiger partial charge in [-0.1, -0.05) is 85.8 Å². The van der Waals surface area contributed by atoms with Gasteiger partial charge in [-0.15, -0.1) is 0 Å². The van der Waals surface area contributed by atoms with Gasteiger partial charge in [-0.05, 0) is 29.8 Å². The molecule has 108 valence electrons. The Morgan fingerprint density at radius 3 is 2.24 bits per heavy atom. The molecule has 0 bridgehead atoms. The van der Waals surface area contributed by atoms with Crippen LogP contribution in [0.1, 0.15) is 30.5 Å². The zero-order valence-corrected chi connectivity index (χ0v) is 13.8. The van der Waals surface area contributed by atoms with Crippen LogP contribution in [0.3, 0.4) is 0 Å². The van der Waals surface area contributed by atoms with Crippen molar-refractivity contribution in [3.8, 4) is 0 Å². The van der Waals surface area contributed by atoms with Gasteiger partial charge in [-0.3, -0.25) is 0 Å². The number of nitrogens with one attached hydrogen (secondary N) is 1. The molecule has 0 fully saturated rings. The molecule has 0 heterocycles. The molecule has 0 aliphatic heterocycles. The lowest BCUT2D eigenvalue weighted by Gasteiger charge is -2.09. The molecule has 0 saturated carbocycles. The summed E-state index contributed by atoms with van der Waals surface area (Å²) in [7, 11) is 0.838. The van der Waals surface area contributed by atoms with Crippen LogP contribution >= 0.6 is 0 Å². The van der Waals surface area contributed by atoms with Crippen molar-refractivity contribution in [3.63, 3.8) is 0 Å². The van der Waals surface area contributed by atoms with Crippen LogP contribution in [0.25, 0.3) is 6.08 Å². The van der Waals surface area contributed by atoms with E-state index in [-0.39, 0.29) is 0 Å². The second kappa shape index (κ2) is 8.60. The van der Waals surface area contributed by atoms with E-state index in [1.807, 2.05) is 0 Å². The Labute approximate surface area is 130 Å². The molecule has 0 saturated heterocycles. The highest BCUT2D eigenvalue weighted by atomic mass is 28.2. The van der Waals surface area contributed by atoms with Crippen molar-refractivity contribution >= 4 is 20.8 Å². The van der Waals surface area contributed by atoms with Gasteiger partial charge in [0.25, 0.3) is 0 Å². The number of allylic oxidation sites excluding steroid dienone is 1. The summed E-state index contributed by atoms with van der Waals surface area (Å²) < 4.78 is 0. The topological polar surface area (TPSA) is 12.0 Å². The lowest BCUT2D eigenvalue weighted by atomic mass is 10.1. The Morgan fingerprint density at radius 1 is 0.905 bits per heavy atom. The predicted octanol–water partition coefficient (Wildman–Crippen LogP) is 3.40. The molecule has 3 rings (SSSR count). The molecular weight excluding hydrogens is 270 g/mol. The van der Waals surface area contributed by atoms with Crippen LogP contribution in [0.15, 0.2) is 60.7 Å². The minimum atomic E-state index is 0.582. The van der Waals surface area contributed by atoms with Gasteiger partial charge >= 0.3 is 0 Å². The van der Waals surface area contributed by atoms with E-state index in [1.165, 1.54) is 16.3 Å². The lowest BCUT2D eigenvalue weighted by Crippen LogP contribution is -2.19. The second-order valence-corrected chi connectivity index (χ2v) is 6.42. The second-order valence-electron chi connectivity index (χ2n) is 4.93. The normalized spacial score (nSPS) is 15.2. The third-order valence-corrected chi connectivity index (χ3v) is 4.88. The summed E-state index contributed by atoms with van der Waals surface area (Å²) in [6, 6.07) is 19.4. The number of fused-ring (bicyclic) bond motifs is 1. The highest BCUT2D eigenvalue weighted by molar-refractivity contribution is 6.56. The summed E-state index contributed by atoms with van der Waals surface area (Å²) in [6.07, 6.45) is 4.58. The van der Waals surface area contributed by atoms with Gasteiger partial charge < -0.3 is 5.32 Å². The molecule has 1 atom stereocenters. The van der Waals surface area contributed by atoms with E-state index < -0.39 is 0 Å². The Hall–Kier alpha value is -1.64. The van der Waals surface area contributed by atoms with Crippen molar-refractivity contribution in [1.29, 1.82) is 0 Å². The smallest absolute Gasteiger partial charge is 0.0940 e. The third kappa shape index (κ3) is 4.69. The van der Waals surface area contributed by atoms with Crippen molar-refractivity contribution < 1.29 is 0 Å². The predicted molar refractivity (Wildman–Crippen MR) is 94.3 cm³/mol. The van der Waals surface area contributed by atoms with Crippen LogP contribution < -0.4 is 10.5 Å². The Balaban J connectivity index is 0.000000282. The summed E-state index contributed by atoms with van der Waals surface area (Å²) >= 11 is 0. The fourth-order valence-electron chi connectivity index (χ4n) is 2.34. The molecular formula is C19H23NSi. The molecule has 1 nitrogen and oxygen atoms in total. The van der Waals surface area contributed by atoms with Crippen LogP contribution in [0.2, 0.25) is 0 Å². The molecule has 2 aromatic rings. The number of hydrogen-bond acceptors (Lipinski definition) is 1. The van der Waals surface area contributed by atoms with E-state index in [2.05, 4.69) is 85.9 Å². The Kier molecular flexibility index (Phi) is 6.45. The largest absolute Gasteiger partial charge is 0.317 e. The summed E-state index contributed by atoms with van der Waals surface area (Å²) in [5.74, 6) is 0. The van der Waals surface area contributed by atoms with Crippen LogP contribution in [-0.2, 0) is 0 Å². The maximum atomic E-state index is 3.11. The van der Waals surface area contributed by atoms with Crippen LogP contribution in [0.5, 0.6) is 0 Å². The van der Waals surface area contributed by atoms with Gasteiger partial charge in [-0.2, -0.15) is 0 Å². The van der Waals surface area contributed by atoms with E-state index in [0.717, 1.165) is 22.6 Å². The minimum absolute atomic E-state index is 0.582. The summed E-state index contributed by atoms with van der Waals surface area (Å²) in [4.78, 5) is 0.